The van der Waals surface area contributed by atoms with Crippen LogP contribution in [0.1, 0.15) is 45.4 Å². The zero-order valence-electron chi connectivity index (χ0n) is 12.0. The fourth-order valence-corrected chi connectivity index (χ4v) is 5.20. The normalized spacial score (nSPS) is 30.2. The summed E-state index contributed by atoms with van der Waals surface area (Å²) in [5, 5.41) is 8.97. The van der Waals surface area contributed by atoms with Crippen LogP contribution in [0, 0.1) is 5.92 Å². The van der Waals surface area contributed by atoms with Crippen LogP contribution in [-0.2, 0) is 15.0 Å². The molecule has 2 aliphatic rings. The van der Waals surface area contributed by atoms with E-state index in [9.17, 15) is 13.2 Å². The van der Waals surface area contributed by atoms with E-state index in [4.69, 9.17) is 5.11 Å². The number of hydrogen-bond acceptors (Lipinski definition) is 3. The van der Waals surface area contributed by atoms with Gasteiger partial charge in [0.2, 0.25) is 0 Å². The molecular weight excluding hydrogens is 280 g/mol. The first-order valence-electron chi connectivity index (χ1n) is 7.40. The molecular formula is C13H24N2O4S. The largest absolute Gasteiger partial charge is 0.481 e. The molecule has 7 heteroatoms. The Morgan fingerprint density at radius 1 is 1.20 bits per heavy atom. The number of carboxylic acids is 1. The Labute approximate surface area is 120 Å². The van der Waals surface area contributed by atoms with Crippen molar-refractivity contribution in [3.8, 4) is 0 Å². The van der Waals surface area contributed by atoms with Crippen molar-refractivity contribution in [1.29, 1.82) is 0 Å². The number of carbonyl (C=O) groups is 1. The molecule has 0 bridgehead atoms. The summed E-state index contributed by atoms with van der Waals surface area (Å²) in [7, 11) is -3.51. The molecule has 116 valence electrons. The lowest BCUT2D eigenvalue weighted by Crippen LogP contribution is -2.53. The molecule has 0 aromatic heterocycles. The molecule has 2 aliphatic heterocycles. The number of aliphatic carboxylic acids is 1. The van der Waals surface area contributed by atoms with E-state index in [1.165, 1.54) is 4.31 Å². The van der Waals surface area contributed by atoms with Crippen LogP contribution < -0.4 is 0 Å². The highest BCUT2D eigenvalue weighted by molar-refractivity contribution is 7.86. The fraction of sp³-hybridized carbons (Fsp3) is 0.923. The topological polar surface area (TPSA) is 77.9 Å². The van der Waals surface area contributed by atoms with Gasteiger partial charge in [0.15, 0.2) is 0 Å². The third-order valence-electron chi connectivity index (χ3n) is 4.23. The van der Waals surface area contributed by atoms with E-state index in [2.05, 4.69) is 6.92 Å². The SMILES string of the molecule is CC1CCCN(S(=O)(=O)N2CCCCC2CC(=O)O)C1. The Morgan fingerprint density at radius 3 is 2.60 bits per heavy atom. The number of rotatable bonds is 4. The van der Waals surface area contributed by atoms with Crippen LogP contribution >= 0.6 is 0 Å². The molecule has 20 heavy (non-hydrogen) atoms. The van der Waals surface area contributed by atoms with Crippen LogP contribution in [0.2, 0.25) is 0 Å². The van der Waals surface area contributed by atoms with E-state index in [1.807, 2.05) is 0 Å². The second-order valence-electron chi connectivity index (χ2n) is 5.97. The molecule has 0 radical (unpaired) electrons. The van der Waals surface area contributed by atoms with Gasteiger partial charge in [-0.15, -0.1) is 0 Å². The summed E-state index contributed by atoms with van der Waals surface area (Å²) in [6, 6.07) is -0.386. The lowest BCUT2D eigenvalue weighted by Gasteiger charge is -2.39. The van der Waals surface area contributed by atoms with E-state index in [1.54, 1.807) is 4.31 Å². The van der Waals surface area contributed by atoms with Gasteiger partial charge >= 0.3 is 5.97 Å². The summed E-state index contributed by atoms with van der Waals surface area (Å²) < 4.78 is 28.5. The first-order valence-corrected chi connectivity index (χ1v) is 8.79. The van der Waals surface area contributed by atoms with Crippen molar-refractivity contribution >= 4 is 16.2 Å². The molecule has 2 saturated heterocycles. The standard InChI is InChI=1S/C13H24N2O4S/c1-11-5-4-7-14(10-11)20(18,19)15-8-3-2-6-12(15)9-13(16)17/h11-12H,2-10H2,1H3,(H,16,17). The number of hydrogen-bond donors (Lipinski definition) is 1. The highest BCUT2D eigenvalue weighted by Crippen LogP contribution is 2.27. The van der Waals surface area contributed by atoms with Gasteiger partial charge in [-0.1, -0.05) is 13.3 Å². The van der Waals surface area contributed by atoms with Crippen molar-refractivity contribution in [2.75, 3.05) is 19.6 Å². The molecule has 2 unspecified atom stereocenters. The predicted octanol–water partition coefficient (Wildman–Crippen LogP) is 1.29. The molecule has 2 atom stereocenters. The molecule has 0 amide bonds. The predicted molar refractivity (Wildman–Crippen MR) is 75.5 cm³/mol. The zero-order valence-corrected chi connectivity index (χ0v) is 12.8. The first kappa shape index (κ1) is 15.7. The Kier molecular flexibility index (Phi) is 5.04. The summed E-state index contributed by atoms with van der Waals surface area (Å²) in [4.78, 5) is 10.9. The van der Waals surface area contributed by atoms with Gasteiger partial charge in [0, 0.05) is 25.7 Å². The van der Waals surface area contributed by atoms with Gasteiger partial charge in [-0.25, -0.2) is 0 Å². The van der Waals surface area contributed by atoms with Gasteiger partial charge in [0.25, 0.3) is 10.2 Å². The highest BCUT2D eigenvalue weighted by atomic mass is 32.2. The molecule has 0 saturated carbocycles. The Balaban J connectivity index is 2.14. The summed E-state index contributed by atoms with van der Waals surface area (Å²) in [6.45, 7) is 3.62. The van der Waals surface area contributed by atoms with Crippen LogP contribution in [0.3, 0.4) is 0 Å². The summed E-state index contributed by atoms with van der Waals surface area (Å²) in [5.74, 6) is -0.551. The van der Waals surface area contributed by atoms with Gasteiger partial charge in [0.05, 0.1) is 6.42 Å². The molecule has 2 fully saturated rings. The quantitative estimate of drug-likeness (QED) is 0.849. The van der Waals surface area contributed by atoms with Gasteiger partial charge in [0.1, 0.15) is 0 Å². The van der Waals surface area contributed by atoms with Crippen molar-refractivity contribution in [1.82, 2.24) is 8.61 Å². The lowest BCUT2D eigenvalue weighted by molar-refractivity contribution is -0.138. The highest BCUT2D eigenvalue weighted by Gasteiger charge is 2.38. The van der Waals surface area contributed by atoms with E-state index < -0.39 is 16.2 Å². The van der Waals surface area contributed by atoms with E-state index in [0.29, 0.717) is 32.0 Å². The van der Waals surface area contributed by atoms with Gasteiger partial charge in [-0.2, -0.15) is 17.0 Å². The molecule has 0 aromatic rings. The maximum Gasteiger partial charge on any atom is 0.304 e. The van der Waals surface area contributed by atoms with Gasteiger partial charge < -0.3 is 5.11 Å². The third kappa shape index (κ3) is 3.51. The Hall–Kier alpha value is -0.660. The van der Waals surface area contributed by atoms with Crippen LogP contribution in [0.5, 0.6) is 0 Å². The average Bonchev–Trinajstić information content (AvgIpc) is 2.38. The molecule has 0 aliphatic carbocycles. The molecule has 6 nitrogen and oxygen atoms in total. The molecule has 2 heterocycles. The van der Waals surface area contributed by atoms with Crippen LogP contribution in [0.15, 0.2) is 0 Å². The summed E-state index contributed by atoms with van der Waals surface area (Å²) >= 11 is 0. The molecule has 1 N–H and O–H groups in total. The Morgan fingerprint density at radius 2 is 1.95 bits per heavy atom. The van der Waals surface area contributed by atoms with E-state index in [0.717, 1.165) is 25.7 Å². The monoisotopic (exact) mass is 304 g/mol. The number of piperidine rings is 2. The average molecular weight is 304 g/mol. The number of carboxylic acid groups (broad SMARTS) is 1. The fourth-order valence-electron chi connectivity index (χ4n) is 3.19. The molecule has 0 aromatic carbocycles. The minimum atomic E-state index is -3.51. The van der Waals surface area contributed by atoms with Crippen molar-refractivity contribution in [3.05, 3.63) is 0 Å². The third-order valence-corrected chi connectivity index (χ3v) is 6.28. The maximum absolute atomic E-state index is 12.7. The van der Waals surface area contributed by atoms with E-state index in [-0.39, 0.29) is 12.5 Å². The summed E-state index contributed by atoms with van der Waals surface area (Å²) in [6.07, 6.45) is 4.22. The van der Waals surface area contributed by atoms with Crippen LogP contribution in [-0.4, -0.2) is 53.8 Å². The lowest BCUT2D eigenvalue weighted by atomic mass is 10.0. The van der Waals surface area contributed by atoms with Gasteiger partial charge in [-0.05, 0) is 31.6 Å². The minimum absolute atomic E-state index is 0.0946. The molecule has 2 rings (SSSR count). The van der Waals surface area contributed by atoms with Crippen LogP contribution in [0.4, 0.5) is 0 Å². The van der Waals surface area contributed by atoms with Crippen molar-refractivity contribution in [2.24, 2.45) is 5.92 Å². The van der Waals surface area contributed by atoms with Crippen molar-refractivity contribution in [2.45, 2.75) is 51.5 Å². The van der Waals surface area contributed by atoms with Gasteiger partial charge in [-0.3, -0.25) is 4.79 Å². The van der Waals surface area contributed by atoms with Crippen molar-refractivity contribution in [3.63, 3.8) is 0 Å². The smallest absolute Gasteiger partial charge is 0.304 e. The minimum Gasteiger partial charge on any atom is -0.481 e. The van der Waals surface area contributed by atoms with Crippen molar-refractivity contribution < 1.29 is 18.3 Å². The second kappa shape index (κ2) is 6.41. The Bertz CT molecular complexity index is 451. The summed E-state index contributed by atoms with van der Waals surface area (Å²) in [5.41, 5.74) is 0. The zero-order chi connectivity index (χ0) is 14.8. The van der Waals surface area contributed by atoms with E-state index >= 15 is 0 Å². The molecule has 0 spiro atoms. The maximum atomic E-state index is 12.7. The number of nitrogens with zero attached hydrogens (tertiary/aromatic N) is 2. The first-order chi connectivity index (χ1) is 9.41. The van der Waals surface area contributed by atoms with Crippen LogP contribution in [0.25, 0.3) is 0 Å². The second-order valence-corrected chi connectivity index (χ2v) is 7.85.